The summed E-state index contributed by atoms with van der Waals surface area (Å²) in [6.07, 6.45) is 7.15. The van der Waals surface area contributed by atoms with Crippen molar-refractivity contribution < 1.29 is 4.74 Å². The first kappa shape index (κ1) is 12.5. The van der Waals surface area contributed by atoms with E-state index in [1.54, 1.807) is 0 Å². The number of rotatable bonds is 5. The van der Waals surface area contributed by atoms with Gasteiger partial charge in [-0.05, 0) is 19.8 Å². The monoisotopic (exact) mass is 238 g/mol. The van der Waals surface area contributed by atoms with Crippen LogP contribution in [0.3, 0.4) is 0 Å². The Labute approximate surface area is 102 Å². The fourth-order valence-corrected chi connectivity index (χ4v) is 2.62. The maximum atomic E-state index is 5.66. The lowest BCUT2D eigenvalue weighted by Gasteiger charge is -2.24. The molecule has 2 rings (SSSR count). The number of imidazole rings is 1. The normalized spacial score (nSPS) is 26.3. The summed E-state index contributed by atoms with van der Waals surface area (Å²) in [5.41, 5.74) is 2.94. The molecule has 0 spiro atoms. The molecule has 1 aromatic rings. The van der Waals surface area contributed by atoms with Crippen molar-refractivity contribution in [1.82, 2.24) is 15.0 Å². The average Bonchev–Trinajstić information content (AvgIpc) is 2.90. The number of nitrogens with one attached hydrogen (secondary N) is 1. The summed E-state index contributed by atoms with van der Waals surface area (Å²) >= 11 is 0. The van der Waals surface area contributed by atoms with Crippen LogP contribution in [0.5, 0.6) is 0 Å². The van der Waals surface area contributed by atoms with Crippen LogP contribution in [0.25, 0.3) is 0 Å². The van der Waals surface area contributed by atoms with Crippen molar-refractivity contribution in [3.8, 4) is 0 Å². The number of hydrogen-bond donors (Lipinski definition) is 2. The highest BCUT2D eigenvalue weighted by atomic mass is 16.5. The topological polar surface area (TPSA) is 65.1 Å². The molecule has 1 fully saturated rings. The van der Waals surface area contributed by atoms with E-state index in [4.69, 9.17) is 10.6 Å². The smallest absolute Gasteiger partial charge is 0.108 e. The molecule has 0 aliphatic carbocycles. The summed E-state index contributed by atoms with van der Waals surface area (Å²) in [5.74, 6) is 7.28. The lowest BCUT2D eigenvalue weighted by atomic mass is 9.90. The van der Waals surface area contributed by atoms with Gasteiger partial charge < -0.3 is 9.30 Å². The zero-order valence-corrected chi connectivity index (χ0v) is 10.6. The highest BCUT2D eigenvalue weighted by molar-refractivity contribution is 4.93. The van der Waals surface area contributed by atoms with Crippen molar-refractivity contribution in [1.29, 1.82) is 0 Å². The zero-order valence-electron chi connectivity index (χ0n) is 10.6. The highest BCUT2D eigenvalue weighted by Crippen LogP contribution is 2.25. The summed E-state index contributed by atoms with van der Waals surface area (Å²) in [6.45, 7) is 2.98. The van der Waals surface area contributed by atoms with Gasteiger partial charge in [0, 0.05) is 44.4 Å². The van der Waals surface area contributed by atoms with Crippen LogP contribution in [-0.2, 0) is 18.2 Å². The molecule has 5 nitrogen and oxygen atoms in total. The van der Waals surface area contributed by atoms with Gasteiger partial charge in [0.15, 0.2) is 0 Å². The van der Waals surface area contributed by atoms with Gasteiger partial charge in [0.1, 0.15) is 5.82 Å². The number of nitrogens with two attached hydrogens (primary N) is 1. The van der Waals surface area contributed by atoms with E-state index in [-0.39, 0.29) is 0 Å². The average molecular weight is 238 g/mol. The predicted molar refractivity (Wildman–Crippen MR) is 66.2 cm³/mol. The van der Waals surface area contributed by atoms with Gasteiger partial charge in [-0.2, -0.15) is 0 Å². The molecule has 3 N–H and O–H groups in total. The highest BCUT2D eigenvalue weighted by Gasteiger charge is 2.31. The molecule has 0 radical (unpaired) electrons. The third-order valence-corrected chi connectivity index (χ3v) is 3.77. The summed E-state index contributed by atoms with van der Waals surface area (Å²) in [7, 11) is 2.02. The minimum atomic E-state index is 0.303. The van der Waals surface area contributed by atoms with E-state index < -0.39 is 0 Å². The molecule has 0 bridgehead atoms. The molecule has 1 saturated heterocycles. The SMILES string of the molecule is CC1OCCC1C(CCc1nccn1C)NN. The Kier molecular flexibility index (Phi) is 4.15. The van der Waals surface area contributed by atoms with Crippen molar-refractivity contribution in [3.05, 3.63) is 18.2 Å². The Morgan fingerprint density at radius 2 is 2.53 bits per heavy atom. The van der Waals surface area contributed by atoms with E-state index in [0.29, 0.717) is 18.1 Å². The van der Waals surface area contributed by atoms with Crippen molar-refractivity contribution in [2.75, 3.05) is 6.61 Å². The third-order valence-electron chi connectivity index (χ3n) is 3.77. The van der Waals surface area contributed by atoms with Crippen molar-refractivity contribution in [2.24, 2.45) is 18.8 Å². The summed E-state index contributed by atoms with van der Waals surface area (Å²) in [4.78, 5) is 4.33. The predicted octanol–water partition coefficient (Wildman–Crippen LogP) is 0.610. The first-order valence-electron chi connectivity index (χ1n) is 6.26. The molecule has 2 heterocycles. The van der Waals surface area contributed by atoms with E-state index in [1.165, 1.54) is 0 Å². The maximum absolute atomic E-state index is 5.66. The lowest BCUT2D eigenvalue weighted by Crippen LogP contribution is -2.43. The third kappa shape index (κ3) is 2.86. The van der Waals surface area contributed by atoms with Crippen molar-refractivity contribution >= 4 is 0 Å². The van der Waals surface area contributed by atoms with Crippen LogP contribution >= 0.6 is 0 Å². The van der Waals surface area contributed by atoms with Crippen LogP contribution < -0.4 is 11.3 Å². The van der Waals surface area contributed by atoms with Crippen LogP contribution in [-0.4, -0.2) is 28.3 Å². The van der Waals surface area contributed by atoms with E-state index in [0.717, 1.165) is 31.7 Å². The van der Waals surface area contributed by atoms with E-state index in [1.807, 2.05) is 19.4 Å². The molecule has 1 aromatic heterocycles. The quantitative estimate of drug-likeness (QED) is 0.583. The molecule has 0 amide bonds. The van der Waals surface area contributed by atoms with E-state index in [2.05, 4.69) is 21.9 Å². The first-order chi connectivity index (χ1) is 8.22. The van der Waals surface area contributed by atoms with Gasteiger partial charge in [-0.25, -0.2) is 4.98 Å². The first-order valence-corrected chi connectivity index (χ1v) is 6.26. The van der Waals surface area contributed by atoms with Gasteiger partial charge >= 0.3 is 0 Å². The fourth-order valence-electron chi connectivity index (χ4n) is 2.62. The van der Waals surface area contributed by atoms with Crippen LogP contribution in [0.2, 0.25) is 0 Å². The molecule has 96 valence electrons. The second-order valence-corrected chi connectivity index (χ2v) is 4.79. The number of ether oxygens (including phenoxy) is 1. The van der Waals surface area contributed by atoms with E-state index >= 15 is 0 Å². The second-order valence-electron chi connectivity index (χ2n) is 4.79. The zero-order chi connectivity index (χ0) is 12.3. The molecular formula is C12H22N4O. The van der Waals surface area contributed by atoms with Crippen LogP contribution in [0, 0.1) is 5.92 Å². The molecular weight excluding hydrogens is 216 g/mol. The van der Waals surface area contributed by atoms with Crippen LogP contribution in [0.1, 0.15) is 25.6 Å². The Hall–Kier alpha value is -0.910. The number of aryl methyl sites for hydroxylation is 2. The molecule has 3 atom stereocenters. The number of aromatic nitrogens is 2. The molecule has 1 aliphatic rings. The Bertz CT molecular complexity index is 352. The lowest BCUT2D eigenvalue weighted by molar-refractivity contribution is 0.0942. The van der Waals surface area contributed by atoms with Gasteiger partial charge in [-0.1, -0.05) is 0 Å². The summed E-state index contributed by atoms with van der Waals surface area (Å²) < 4.78 is 7.65. The fraction of sp³-hybridized carbons (Fsp3) is 0.750. The Morgan fingerprint density at radius 3 is 3.06 bits per heavy atom. The summed E-state index contributed by atoms with van der Waals surface area (Å²) in [6, 6.07) is 0.309. The molecule has 5 heteroatoms. The van der Waals surface area contributed by atoms with Crippen LogP contribution in [0.4, 0.5) is 0 Å². The van der Waals surface area contributed by atoms with Crippen molar-refractivity contribution in [2.45, 2.75) is 38.3 Å². The molecule has 1 aliphatic heterocycles. The van der Waals surface area contributed by atoms with Gasteiger partial charge in [0.25, 0.3) is 0 Å². The maximum Gasteiger partial charge on any atom is 0.108 e. The molecule has 0 aromatic carbocycles. The number of hydrogen-bond acceptors (Lipinski definition) is 4. The standard InChI is InChI=1S/C12H22N4O/c1-9-10(5-8-17-9)11(15-13)3-4-12-14-6-7-16(12)2/h6-7,9-11,15H,3-5,8,13H2,1-2H3. The van der Waals surface area contributed by atoms with Gasteiger partial charge in [-0.15, -0.1) is 0 Å². The van der Waals surface area contributed by atoms with Gasteiger partial charge in [0.2, 0.25) is 0 Å². The Balaban J connectivity index is 1.89. The second kappa shape index (κ2) is 5.62. The molecule has 17 heavy (non-hydrogen) atoms. The number of hydrazine groups is 1. The Morgan fingerprint density at radius 1 is 1.71 bits per heavy atom. The number of nitrogens with zero attached hydrogens (tertiary/aromatic N) is 2. The minimum Gasteiger partial charge on any atom is -0.378 e. The largest absolute Gasteiger partial charge is 0.378 e. The van der Waals surface area contributed by atoms with E-state index in [9.17, 15) is 0 Å². The van der Waals surface area contributed by atoms with Crippen LogP contribution in [0.15, 0.2) is 12.4 Å². The molecule has 3 unspecified atom stereocenters. The van der Waals surface area contributed by atoms with Gasteiger partial charge in [-0.3, -0.25) is 11.3 Å². The van der Waals surface area contributed by atoms with Crippen molar-refractivity contribution in [3.63, 3.8) is 0 Å². The minimum absolute atomic E-state index is 0.303. The summed E-state index contributed by atoms with van der Waals surface area (Å²) in [5, 5.41) is 0. The molecule has 0 saturated carbocycles. The van der Waals surface area contributed by atoms with Gasteiger partial charge in [0.05, 0.1) is 6.10 Å².